The van der Waals surface area contributed by atoms with Crippen LogP contribution < -0.4 is 0 Å². The van der Waals surface area contributed by atoms with Crippen molar-refractivity contribution in [3.8, 4) is 0 Å². The third-order valence-electron chi connectivity index (χ3n) is 3.46. The zero-order valence-corrected chi connectivity index (χ0v) is 10.1. The molecule has 1 heterocycles. The van der Waals surface area contributed by atoms with Crippen LogP contribution in [0.4, 0.5) is 0 Å². The monoisotopic (exact) mass is 203 g/mol. The lowest BCUT2D eigenvalue weighted by Crippen LogP contribution is -2.54. The molecule has 1 aromatic carbocycles. The molecule has 1 saturated heterocycles. The van der Waals surface area contributed by atoms with Crippen LogP contribution in [0.1, 0.15) is 25.0 Å². The van der Waals surface area contributed by atoms with E-state index in [1.165, 1.54) is 25.9 Å². The molecule has 15 heavy (non-hydrogen) atoms. The maximum atomic E-state index is 2.42. The van der Waals surface area contributed by atoms with Crippen LogP contribution in [0.5, 0.6) is 0 Å². The number of nitrogens with zero attached hydrogens (tertiary/aromatic N) is 1. The maximum absolute atomic E-state index is 2.42. The molecule has 1 spiro atoms. The van der Waals surface area contributed by atoms with Gasteiger partial charge in [-0.05, 0) is 31.0 Å². The summed E-state index contributed by atoms with van der Waals surface area (Å²) in [6.07, 6.45) is 2.63. The van der Waals surface area contributed by atoms with Gasteiger partial charge in [0.1, 0.15) is 0 Å². The zero-order valence-electron chi connectivity index (χ0n) is 10.1. The highest BCUT2D eigenvalue weighted by atomic mass is 15.2. The average Bonchev–Trinajstić information content (AvgIpc) is 2.59. The molecule has 0 amide bonds. The van der Waals surface area contributed by atoms with Crippen molar-refractivity contribution in [1.29, 1.82) is 0 Å². The lowest BCUT2D eigenvalue weighted by molar-refractivity contribution is 0.0320. The van der Waals surface area contributed by atoms with Crippen molar-refractivity contribution >= 4 is 0 Å². The average molecular weight is 203 g/mol. The van der Waals surface area contributed by atoms with Crippen molar-refractivity contribution in [2.45, 2.75) is 26.7 Å². The van der Waals surface area contributed by atoms with E-state index < -0.39 is 0 Å². The molecule has 1 heteroatoms. The highest BCUT2D eigenvalue weighted by molar-refractivity contribution is 5.35. The second-order valence-corrected chi connectivity index (χ2v) is 4.79. The molecule has 0 radical (unpaired) electrons. The van der Waals surface area contributed by atoms with Gasteiger partial charge in [-0.15, -0.1) is 0 Å². The molecule has 1 nitrogen and oxygen atoms in total. The SMILES string of the molecule is CC.CN1CC2(Cc3ccccc3C2)C1. The number of hydrogen-bond acceptors (Lipinski definition) is 1. The molecule has 0 aromatic heterocycles. The first-order valence-corrected chi connectivity index (χ1v) is 6.03. The number of hydrogen-bond donors (Lipinski definition) is 0. The Bertz CT molecular complexity index is 310. The van der Waals surface area contributed by atoms with Crippen molar-refractivity contribution < 1.29 is 0 Å². The van der Waals surface area contributed by atoms with E-state index in [1.54, 1.807) is 11.1 Å². The van der Waals surface area contributed by atoms with Gasteiger partial charge in [-0.3, -0.25) is 0 Å². The second-order valence-electron chi connectivity index (χ2n) is 4.79. The summed E-state index contributed by atoms with van der Waals surface area (Å²) in [6, 6.07) is 8.92. The largest absolute Gasteiger partial charge is 0.305 e. The molecule has 0 atom stereocenters. The molecule has 3 rings (SSSR count). The van der Waals surface area contributed by atoms with E-state index in [2.05, 4.69) is 36.2 Å². The molecule has 1 aliphatic heterocycles. The van der Waals surface area contributed by atoms with Gasteiger partial charge in [-0.1, -0.05) is 38.1 Å². The first kappa shape index (κ1) is 10.7. The minimum atomic E-state index is 0.623. The van der Waals surface area contributed by atoms with Crippen LogP contribution in [-0.4, -0.2) is 25.0 Å². The van der Waals surface area contributed by atoms with Gasteiger partial charge in [0.25, 0.3) is 0 Å². The molecule has 0 unspecified atom stereocenters. The zero-order chi connectivity index (χ0) is 10.9. The van der Waals surface area contributed by atoms with Crippen LogP contribution in [0, 0.1) is 5.41 Å². The van der Waals surface area contributed by atoms with Gasteiger partial charge in [0, 0.05) is 18.5 Å². The van der Waals surface area contributed by atoms with Gasteiger partial charge in [0.05, 0.1) is 0 Å². The Morgan fingerprint density at radius 2 is 1.47 bits per heavy atom. The molecule has 1 aliphatic carbocycles. The molecular weight excluding hydrogens is 182 g/mol. The maximum Gasteiger partial charge on any atom is 0.00538 e. The lowest BCUT2D eigenvalue weighted by atomic mass is 9.77. The molecule has 1 aromatic rings. The molecule has 1 fully saturated rings. The van der Waals surface area contributed by atoms with Crippen LogP contribution in [0.3, 0.4) is 0 Å². The third kappa shape index (κ3) is 1.81. The molecule has 82 valence electrons. The van der Waals surface area contributed by atoms with Crippen molar-refractivity contribution in [3.63, 3.8) is 0 Å². The van der Waals surface area contributed by atoms with Gasteiger partial charge in [0.15, 0.2) is 0 Å². The summed E-state index contributed by atoms with van der Waals surface area (Å²) in [4.78, 5) is 2.42. The fraction of sp³-hybridized carbons (Fsp3) is 0.571. The Balaban J connectivity index is 0.000000404. The summed E-state index contributed by atoms with van der Waals surface area (Å²) in [6.45, 7) is 6.59. The normalized spacial score (nSPS) is 21.5. The number of fused-ring (bicyclic) bond motifs is 1. The van der Waals surface area contributed by atoms with Gasteiger partial charge < -0.3 is 4.90 Å². The fourth-order valence-corrected chi connectivity index (χ4v) is 3.10. The van der Waals surface area contributed by atoms with Crippen LogP contribution in [0.2, 0.25) is 0 Å². The third-order valence-corrected chi connectivity index (χ3v) is 3.46. The number of rotatable bonds is 0. The Labute approximate surface area is 93.1 Å². The summed E-state index contributed by atoms with van der Waals surface area (Å²) in [7, 11) is 2.22. The molecule has 0 saturated carbocycles. The van der Waals surface area contributed by atoms with E-state index in [-0.39, 0.29) is 0 Å². The molecule has 0 N–H and O–H groups in total. The molecule has 0 bridgehead atoms. The van der Waals surface area contributed by atoms with Gasteiger partial charge >= 0.3 is 0 Å². The number of benzene rings is 1. The highest BCUT2D eigenvalue weighted by Gasteiger charge is 2.44. The molecular formula is C14H21N. The topological polar surface area (TPSA) is 3.24 Å². The summed E-state index contributed by atoms with van der Waals surface area (Å²) >= 11 is 0. The summed E-state index contributed by atoms with van der Waals surface area (Å²) in [5.41, 5.74) is 3.81. The Kier molecular flexibility index (Phi) is 2.83. The van der Waals surface area contributed by atoms with Crippen LogP contribution >= 0.6 is 0 Å². The Morgan fingerprint density at radius 3 is 1.87 bits per heavy atom. The fourth-order valence-electron chi connectivity index (χ4n) is 3.10. The highest BCUT2D eigenvalue weighted by Crippen LogP contribution is 2.42. The summed E-state index contributed by atoms with van der Waals surface area (Å²) < 4.78 is 0. The van der Waals surface area contributed by atoms with E-state index in [0.29, 0.717) is 5.41 Å². The minimum absolute atomic E-state index is 0.623. The van der Waals surface area contributed by atoms with Gasteiger partial charge in [0.2, 0.25) is 0 Å². The Hall–Kier alpha value is -0.820. The molecule has 2 aliphatic rings. The van der Waals surface area contributed by atoms with Crippen molar-refractivity contribution in [2.24, 2.45) is 5.41 Å². The smallest absolute Gasteiger partial charge is 0.00538 e. The predicted octanol–water partition coefficient (Wildman–Crippen LogP) is 2.74. The van der Waals surface area contributed by atoms with E-state index >= 15 is 0 Å². The summed E-state index contributed by atoms with van der Waals surface area (Å²) in [5.74, 6) is 0. The van der Waals surface area contributed by atoms with Crippen LogP contribution in [0.15, 0.2) is 24.3 Å². The lowest BCUT2D eigenvalue weighted by Gasteiger charge is -2.46. The van der Waals surface area contributed by atoms with Crippen LogP contribution in [-0.2, 0) is 12.8 Å². The van der Waals surface area contributed by atoms with E-state index in [4.69, 9.17) is 0 Å². The van der Waals surface area contributed by atoms with E-state index in [1.807, 2.05) is 13.8 Å². The van der Waals surface area contributed by atoms with E-state index in [9.17, 15) is 0 Å². The Morgan fingerprint density at radius 1 is 1.00 bits per heavy atom. The standard InChI is InChI=1S/C12H15N.C2H6/c1-13-8-12(9-13)6-10-4-2-3-5-11(10)7-12;1-2/h2-5H,6-9H2,1H3;1-2H3. The van der Waals surface area contributed by atoms with Gasteiger partial charge in [-0.2, -0.15) is 0 Å². The van der Waals surface area contributed by atoms with Crippen LogP contribution in [0.25, 0.3) is 0 Å². The second kappa shape index (κ2) is 3.97. The first-order chi connectivity index (χ1) is 7.27. The van der Waals surface area contributed by atoms with Crippen molar-refractivity contribution in [1.82, 2.24) is 4.90 Å². The predicted molar refractivity (Wildman–Crippen MR) is 65.1 cm³/mol. The number of likely N-dealkylation sites (tertiary alicyclic amines) is 1. The minimum Gasteiger partial charge on any atom is -0.305 e. The quantitative estimate of drug-likeness (QED) is 0.626. The van der Waals surface area contributed by atoms with Gasteiger partial charge in [-0.25, -0.2) is 0 Å². The summed E-state index contributed by atoms with van der Waals surface area (Å²) in [5, 5.41) is 0. The van der Waals surface area contributed by atoms with Crippen molar-refractivity contribution in [3.05, 3.63) is 35.4 Å². The van der Waals surface area contributed by atoms with E-state index in [0.717, 1.165) is 0 Å². The van der Waals surface area contributed by atoms with Crippen molar-refractivity contribution in [2.75, 3.05) is 20.1 Å². The first-order valence-electron chi connectivity index (χ1n) is 6.03.